The molecule has 1 aliphatic rings. The first kappa shape index (κ1) is 15.1. The van der Waals surface area contributed by atoms with E-state index in [9.17, 15) is 4.79 Å². The third-order valence-electron chi connectivity index (χ3n) is 4.38. The fourth-order valence-corrected chi connectivity index (χ4v) is 3.08. The molecule has 0 saturated carbocycles. The zero-order valence-corrected chi connectivity index (χ0v) is 14.2. The van der Waals surface area contributed by atoms with Gasteiger partial charge in [-0.2, -0.15) is 0 Å². The van der Waals surface area contributed by atoms with Crippen LogP contribution in [0.15, 0.2) is 18.2 Å². The number of hydrogen-bond acceptors (Lipinski definition) is 2. The van der Waals surface area contributed by atoms with E-state index in [1.54, 1.807) is 0 Å². The van der Waals surface area contributed by atoms with E-state index in [-0.39, 0.29) is 10.9 Å². The molecule has 0 fully saturated rings. The van der Waals surface area contributed by atoms with Crippen molar-refractivity contribution in [1.29, 1.82) is 0 Å². The summed E-state index contributed by atoms with van der Waals surface area (Å²) >= 11 is 0. The van der Waals surface area contributed by atoms with Crippen molar-refractivity contribution >= 4 is 19.9 Å². The molecule has 0 aliphatic carbocycles. The number of carbonyl (C=O) groups is 1. The first-order chi connectivity index (χ1) is 9.19. The second-order valence-electron chi connectivity index (χ2n) is 7.08. The molecule has 0 radical (unpaired) electrons. The van der Waals surface area contributed by atoms with Crippen molar-refractivity contribution in [2.75, 3.05) is 5.32 Å². The van der Waals surface area contributed by atoms with Crippen molar-refractivity contribution in [2.24, 2.45) is 0 Å². The maximum absolute atomic E-state index is 11.7. The van der Waals surface area contributed by atoms with Gasteiger partial charge in [-0.05, 0) is 42.6 Å². The van der Waals surface area contributed by atoms with E-state index in [2.05, 4.69) is 45.2 Å². The summed E-state index contributed by atoms with van der Waals surface area (Å²) < 4.78 is 6.30. The highest BCUT2D eigenvalue weighted by Crippen LogP contribution is 2.38. The minimum atomic E-state index is -1.83. The summed E-state index contributed by atoms with van der Waals surface area (Å²) in [5, 5.41) is 3.15. The number of aryl methyl sites for hydroxylation is 1. The second kappa shape index (κ2) is 5.24. The third kappa shape index (κ3) is 3.23. The first-order valence-corrected chi connectivity index (χ1v) is 10.2. The SMILES string of the molecule is CC(C)(C)[Si](C)(C)Oc1ccc2c(c1)NC(=O)CCC2. The van der Waals surface area contributed by atoms with Crippen LogP contribution in [0.2, 0.25) is 18.1 Å². The van der Waals surface area contributed by atoms with Crippen molar-refractivity contribution in [1.82, 2.24) is 0 Å². The largest absolute Gasteiger partial charge is 0.543 e. The second-order valence-corrected chi connectivity index (χ2v) is 11.8. The Morgan fingerprint density at radius 1 is 1.20 bits per heavy atom. The van der Waals surface area contributed by atoms with Gasteiger partial charge in [0.1, 0.15) is 5.75 Å². The Bertz CT molecular complexity index is 518. The molecule has 1 aromatic rings. The van der Waals surface area contributed by atoms with Gasteiger partial charge >= 0.3 is 0 Å². The Morgan fingerprint density at radius 2 is 1.90 bits per heavy atom. The van der Waals surface area contributed by atoms with Crippen LogP contribution in [0.3, 0.4) is 0 Å². The van der Waals surface area contributed by atoms with Crippen LogP contribution in [0.25, 0.3) is 0 Å². The van der Waals surface area contributed by atoms with Crippen LogP contribution >= 0.6 is 0 Å². The maximum atomic E-state index is 11.7. The van der Waals surface area contributed by atoms with Crippen molar-refractivity contribution in [2.45, 2.75) is 58.2 Å². The molecule has 110 valence electrons. The van der Waals surface area contributed by atoms with Crippen LogP contribution in [0.4, 0.5) is 5.69 Å². The van der Waals surface area contributed by atoms with Crippen molar-refractivity contribution in [3.8, 4) is 5.75 Å². The van der Waals surface area contributed by atoms with Crippen LogP contribution in [-0.4, -0.2) is 14.2 Å². The van der Waals surface area contributed by atoms with Gasteiger partial charge < -0.3 is 9.74 Å². The van der Waals surface area contributed by atoms with Crippen LogP contribution in [-0.2, 0) is 11.2 Å². The molecular weight excluding hydrogens is 266 g/mol. The standard InChI is InChI=1S/C16H25NO2Si/c1-16(2,3)20(4,5)19-13-10-9-12-7-6-8-15(18)17-14(12)11-13/h9-11H,6-8H2,1-5H3,(H,17,18). The van der Waals surface area contributed by atoms with Crippen molar-refractivity contribution in [3.63, 3.8) is 0 Å². The summed E-state index contributed by atoms with van der Waals surface area (Å²) in [6.07, 6.45) is 2.48. The molecule has 1 amide bonds. The zero-order chi connectivity index (χ0) is 15.0. The monoisotopic (exact) mass is 291 g/mol. The molecule has 0 bridgehead atoms. The molecule has 3 nitrogen and oxygen atoms in total. The van der Waals surface area contributed by atoms with Gasteiger partial charge in [0, 0.05) is 18.2 Å². The lowest BCUT2D eigenvalue weighted by molar-refractivity contribution is -0.116. The molecule has 1 aliphatic heterocycles. The number of hydrogen-bond donors (Lipinski definition) is 1. The van der Waals surface area contributed by atoms with E-state index in [1.807, 2.05) is 12.1 Å². The molecule has 20 heavy (non-hydrogen) atoms. The minimum absolute atomic E-state index is 0.105. The van der Waals surface area contributed by atoms with E-state index >= 15 is 0 Å². The molecule has 0 spiro atoms. The number of nitrogens with one attached hydrogen (secondary N) is 1. The molecule has 4 heteroatoms. The van der Waals surface area contributed by atoms with E-state index < -0.39 is 8.32 Å². The Kier molecular flexibility index (Phi) is 3.96. The maximum Gasteiger partial charge on any atom is 0.250 e. The van der Waals surface area contributed by atoms with Gasteiger partial charge in [0.15, 0.2) is 0 Å². The Morgan fingerprint density at radius 3 is 2.55 bits per heavy atom. The van der Waals surface area contributed by atoms with Gasteiger partial charge in [0.25, 0.3) is 0 Å². The lowest BCUT2D eigenvalue weighted by atomic mass is 10.1. The lowest BCUT2D eigenvalue weighted by Crippen LogP contribution is -2.43. The lowest BCUT2D eigenvalue weighted by Gasteiger charge is -2.36. The van der Waals surface area contributed by atoms with E-state index in [4.69, 9.17) is 4.43 Å². The number of anilines is 1. The summed E-state index contributed by atoms with van der Waals surface area (Å²) in [5.74, 6) is 0.978. The molecule has 0 saturated heterocycles. The van der Waals surface area contributed by atoms with Gasteiger partial charge in [0.05, 0.1) is 0 Å². The number of benzene rings is 1. The van der Waals surface area contributed by atoms with Gasteiger partial charge in [0.2, 0.25) is 14.2 Å². The topological polar surface area (TPSA) is 38.3 Å². The summed E-state index contributed by atoms with van der Waals surface area (Å²) in [6.45, 7) is 11.1. The number of rotatable bonds is 2. The van der Waals surface area contributed by atoms with Crippen LogP contribution < -0.4 is 9.74 Å². The van der Waals surface area contributed by atoms with Crippen LogP contribution in [0, 0.1) is 0 Å². The smallest absolute Gasteiger partial charge is 0.250 e. The highest BCUT2D eigenvalue weighted by atomic mass is 28.4. The third-order valence-corrected chi connectivity index (χ3v) is 8.74. The molecule has 2 rings (SSSR count). The fourth-order valence-electron chi connectivity index (χ4n) is 2.05. The summed E-state index contributed by atoms with van der Waals surface area (Å²) in [6, 6.07) is 6.11. The molecule has 1 N–H and O–H groups in total. The van der Waals surface area contributed by atoms with Crippen LogP contribution in [0.1, 0.15) is 39.2 Å². The normalized spacial score (nSPS) is 16.1. The number of amides is 1. The van der Waals surface area contributed by atoms with Crippen LogP contribution in [0.5, 0.6) is 5.75 Å². The molecule has 1 heterocycles. The molecule has 0 aromatic heterocycles. The van der Waals surface area contributed by atoms with Gasteiger partial charge in [-0.1, -0.05) is 26.8 Å². The van der Waals surface area contributed by atoms with E-state index in [0.29, 0.717) is 6.42 Å². The first-order valence-electron chi connectivity index (χ1n) is 7.31. The Balaban J connectivity index is 2.25. The zero-order valence-electron chi connectivity index (χ0n) is 13.2. The summed E-state index contributed by atoms with van der Waals surface area (Å²) in [5.41, 5.74) is 2.13. The van der Waals surface area contributed by atoms with E-state index in [0.717, 1.165) is 24.3 Å². The summed E-state index contributed by atoms with van der Waals surface area (Å²) in [4.78, 5) is 11.7. The predicted molar refractivity (Wildman–Crippen MR) is 85.8 cm³/mol. The number of carbonyl (C=O) groups excluding carboxylic acids is 1. The quantitative estimate of drug-likeness (QED) is 0.823. The molecule has 1 aromatic carbocycles. The molecular formula is C16H25NO2Si. The average molecular weight is 291 g/mol. The van der Waals surface area contributed by atoms with E-state index in [1.165, 1.54) is 5.56 Å². The minimum Gasteiger partial charge on any atom is -0.543 e. The fraction of sp³-hybridized carbons (Fsp3) is 0.562. The Hall–Kier alpha value is -1.29. The summed E-state index contributed by atoms with van der Waals surface area (Å²) in [7, 11) is -1.83. The van der Waals surface area contributed by atoms with Crippen molar-refractivity contribution < 1.29 is 9.22 Å². The average Bonchev–Trinajstić information content (AvgIpc) is 2.47. The molecule has 0 unspecified atom stereocenters. The number of fused-ring (bicyclic) bond motifs is 1. The van der Waals surface area contributed by atoms with Gasteiger partial charge in [-0.25, -0.2) is 0 Å². The van der Waals surface area contributed by atoms with Gasteiger partial charge in [-0.3, -0.25) is 4.79 Å². The van der Waals surface area contributed by atoms with Crippen molar-refractivity contribution in [3.05, 3.63) is 23.8 Å². The highest BCUT2D eigenvalue weighted by molar-refractivity contribution is 6.74. The molecule has 0 atom stereocenters. The Labute approximate surface area is 122 Å². The van der Waals surface area contributed by atoms with Gasteiger partial charge in [-0.15, -0.1) is 0 Å². The highest BCUT2D eigenvalue weighted by Gasteiger charge is 2.39. The predicted octanol–water partition coefficient (Wildman–Crippen LogP) is 4.35.